The maximum Gasteiger partial charge on any atom is 0.306 e. The summed E-state index contributed by atoms with van der Waals surface area (Å²) in [6.07, 6.45) is 16.7. The van der Waals surface area contributed by atoms with Gasteiger partial charge >= 0.3 is 17.9 Å². The summed E-state index contributed by atoms with van der Waals surface area (Å²) in [6, 6.07) is 0. The molecular weight excluding hydrogens is 480 g/mol. The van der Waals surface area contributed by atoms with Gasteiger partial charge in [0.05, 0.1) is 19.8 Å². The highest BCUT2D eigenvalue weighted by atomic mass is 16.5. The monoisotopic (exact) mass is 540 g/mol. The van der Waals surface area contributed by atoms with Crippen LogP contribution in [-0.4, -0.2) is 37.7 Å². The molecule has 0 aromatic rings. The summed E-state index contributed by atoms with van der Waals surface area (Å²) >= 11 is 0. The molecule has 6 heteroatoms. The van der Waals surface area contributed by atoms with Crippen LogP contribution in [0.4, 0.5) is 0 Å². The molecule has 0 amide bonds. The van der Waals surface area contributed by atoms with Gasteiger partial charge in [-0.2, -0.15) is 0 Å². The maximum atomic E-state index is 12.7. The first kappa shape index (κ1) is 36.4. The van der Waals surface area contributed by atoms with E-state index in [1.54, 1.807) is 0 Å². The Bertz CT molecular complexity index is 556. The van der Waals surface area contributed by atoms with Gasteiger partial charge in [0.2, 0.25) is 0 Å². The van der Waals surface area contributed by atoms with Crippen molar-refractivity contribution in [3.8, 4) is 0 Å². The lowest BCUT2D eigenvalue weighted by Crippen LogP contribution is -2.23. The molecule has 0 aromatic heterocycles. The predicted octanol–water partition coefficient (Wildman–Crippen LogP) is 8.59. The van der Waals surface area contributed by atoms with Crippen LogP contribution in [0.1, 0.15) is 150 Å². The molecule has 1 atom stereocenters. The van der Waals surface area contributed by atoms with Crippen molar-refractivity contribution in [2.75, 3.05) is 19.8 Å². The van der Waals surface area contributed by atoms with E-state index < -0.39 is 5.92 Å². The van der Waals surface area contributed by atoms with Crippen molar-refractivity contribution in [3.05, 3.63) is 0 Å². The Morgan fingerprint density at radius 1 is 0.526 bits per heavy atom. The number of esters is 3. The lowest BCUT2D eigenvalue weighted by atomic mass is 9.91. The molecule has 6 nitrogen and oxygen atoms in total. The third-order valence-corrected chi connectivity index (χ3v) is 7.22. The summed E-state index contributed by atoms with van der Waals surface area (Å²) in [5, 5.41) is 0. The summed E-state index contributed by atoms with van der Waals surface area (Å²) in [4.78, 5) is 37.6. The van der Waals surface area contributed by atoms with E-state index in [0.717, 1.165) is 57.8 Å². The first-order valence-electron chi connectivity index (χ1n) is 15.8. The molecule has 0 saturated heterocycles. The fraction of sp³-hybridized carbons (Fsp3) is 0.906. The Labute approximate surface area is 234 Å². The second-order valence-corrected chi connectivity index (χ2v) is 11.3. The van der Waals surface area contributed by atoms with Crippen LogP contribution < -0.4 is 0 Å². The third-order valence-electron chi connectivity index (χ3n) is 7.22. The Balaban J connectivity index is 4.68. The maximum absolute atomic E-state index is 12.7. The number of hydrogen-bond acceptors (Lipinski definition) is 6. The van der Waals surface area contributed by atoms with Gasteiger partial charge in [0.25, 0.3) is 0 Å². The normalized spacial score (nSPS) is 12.1. The van der Waals surface area contributed by atoms with Gasteiger partial charge in [0.15, 0.2) is 0 Å². The first-order valence-corrected chi connectivity index (χ1v) is 15.8. The highest BCUT2D eigenvalue weighted by molar-refractivity contribution is 5.76. The van der Waals surface area contributed by atoms with Crippen molar-refractivity contribution < 1.29 is 28.6 Å². The van der Waals surface area contributed by atoms with E-state index in [4.69, 9.17) is 14.2 Å². The molecule has 0 N–H and O–H groups in total. The van der Waals surface area contributed by atoms with Gasteiger partial charge in [-0.15, -0.1) is 0 Å². The fourth-order valence-electron chi connectivity index (χ4n) is 4.51. The average Bonchev–Trinajstić information content (AvgIpc) is 2.87. The topological polar surface area (TPSA) is 78.9 Å². The molecule has 224 valence electrons. The molecule has 0 fully saturated rings. The number of rotatable bonds is 26. The van der Waals surface area contributed by atoms with Gasteiger partial charge in [-0.05, 0) is 37.0 Å². The van der Waals surface area contributed by atoms with Crippen LogP contribution in [-0.2, 0) is 28.6 Å². The van der Waals surface area contributed by atoms with Crippen LogP contribution in [0.25, 0.3) is 0 Å². The second kappa shape index (κ2) is 25.7. The largest absolute Gasteiger partial charge is 0.466 e. The number of carbonyl (C=O) groups excluding carboxylic acids is 3. The van der Waals surface area contributed by atoms with Gasteiger partial charge < -0.3 is 14.2 Å². The molecule has 38 heavy (non-hydrogen) atoms. The van der Waals surface area contributed by atoms with Crippen molar-refractivity contribution in [1.29, 1.82) is 0 Å². The zero-order chi connectivity index (χ0) is 28.4. The SMILES string of the molecule is CCCCCCCCOC(=O)CC(CC(=O)OCCCCCCCC)CC(=O)OCC(CCCC)C(C)C. The lowest BCUT2D eigenvalue weighted by molar-refractivity contribution is -0.150. The van der Waals surface area contributed by atoms with Gasteiger partial charge in [0, 0.05) is 19.3 Å². The van der Waals surface area contributed by atoms with Crippen LogP contribution in [0.5, 0.6) is 0 Å². The Kier molecular flexibility index (Phi) is 24.6. The lowest BCUT2D eigenvalue weighted by Gasteiger charge is -2.21. The summed E-state index contributed by atoms with van der Waals surface area (Å²) in [6.45, 7) is 12.0. The second-order valence-electron chi connectivity index (χ2n) is 11.3. The molecular formula is C32H60O6. The number of ether oxygens (including phenoxy) is 3. The Morgan fingerprint density at radius 2 is 0.921 bits per heavy atom. The van der Waals surface area contributed by atoms with Crippen molar-refractivity contribution in [1.82, 2.24) is 0 Å². The van der Waals surface area contributed by atoms with Crippen LogP contribution in [0.3, 0.4) is 0 Å². The van der Waals surface area contributed by atoms with Crippen molar-refractivity contribution in [2.24, 2.45) is 17.8 Å². The van der Waals surface area contributed by atoms with E-state index >= 15 is 0 Å². The summed E-state index contributed by atoms with van der Waals surface area (Å²) in [5.41, 5.74) is 0. The fourth-order valence-corrected chi connectivity index (χ4v) is 4.51. The smallest absolute Gasteiger partial charge is 0.306 e. The molecule has 0 spiro atoms. The van der Waals surface area contributed by atoms with E-state index in [1.165, 1.54) is 38.5 Å². The molecule has 1 unspecified atom stereocenters. The van der Waals surface area contributed by atoms with Crippen molar-refractivity contribution >= 4 is 17.9 Å². The summed E-state index contributed by atoms with van der Waals surface area (Å²) in [5.74, 6) is -0.790. The minimum absolute atomic E-state index is 0.0246. The molecule has 0 aliphatic heterocycles. The van der Waals surface area contributed by atoms with E-state index in [1.807, 2.05) is 0 Å². The van der Waals surface area contributed by atoms with Gasteiger partial charge in [0.1, 0.15) is 0 Å². The quantitative estimate of drug-likeness (QED) is 0.0621. The number of carbonyl (C=O) groups is 3. The van der Waals surface area contributed by atoms with Crippen LogP contribution in [0, 0.1) is 17.8 Å². The van der Waals surface area contributed by atoms with E-state index in [0.29, 0.717) is 31.7 Å². The zero-order valence-electron chi connectivity index (χ0n) is 25.5. The van der Waals surface area contributed by atoms with Gasteiger partial charge in [-0.1, -0.05) is 112 Å². The molecule has 0 aromatic carbocycles. The molecule has 0 radical (unpaired) electrons. The standard InChI is InChI=1S/C32H60O6/c1-6-9-12-14-16-18-21-36-30(33)23-28(24-31(34)37-22-19-17-15-13-10-7-2)25-32(35)38-26-29(27(4)5)20-11-8-3/h27-29H,6-26H2,1-5H3. The average molecular weight is 541 g/mol. The first-order chi connectivity index (χ1) is 18.3. The van der Waals surface area contributed by atoms with E-state index in [2.05, 4.69) is 34.6 Å². The van der Waals surface area contributed by atoms with Crippen LogP contribution in [0.2, 0.25) is 0 Å². The minimum atomic E-state index is -0.468. The summed E-state index contributed by atoms with van der Waals surface area (Å²) in [7, 11) is 0. The van der Waals surface area contributed by atoms with Crippen molar-refractivity contribution in [2.45, 2.75) is 150 Å². The molecule has 0 saturated carbocycles. The Hall–Kier alpha value is -1.59. The highest BCUT2D eigenvalue weighted by Crippen LogP contribution is 2.21. The van der Waals surface area contributed by atoms with E-state index in [9.17, 15) is 14.4 Å². The van der Waals surface area contributed by atoms with Gasteiger partial charge in [-0.25, -0.2) is 0 Å². The van der Waals surface area contributed by atoms with Crippen LogP contribution in [0.15, 0.2) is 0 Å². The molecule has 0 aliphatic carbocycles. The molecule has 0 bridgehead atoms. The predicted molar refractivity (Wildman–Crippen MR) is 155 cm³/mol. The number of unbranched alkanes of at least 4 members (excludes halogenated alkanes) is 11. The minimum Gasteiger partial charge on any atom is -0.466 e. The third kappa shape index (κ3) is 22.4. The van der Waals surface area contributed by atoms with Gasteiger partial charge in [-0.3, -0.25) is 14.4 Å². The van der Waals surface area contributed by atoms with E-state index in [-0.39, 0.29) is 37.2 Å². The summed E-state index contributed by atoms with van der Waals surface area (Å²) < 4.78 is 16.4. The Morgan fingerprint density at radius 3 is 1.34 bits per heavy atom. The number of hydrogen-bond donors (Lipinski definition) is 0. The van der Waals surface area contributed by atoms with Crippen LogP contribution >= 0.6 is 0 Å². The molecule has 0 heterocycles. The molecule has 0 aliphatic rings. The highest BCUT2D eigenvalue weighted by Gasteiger charge is 2.24. The van der Waals surface area contributed by atoms with Crippen molar-refractivity contribution in [3.63, 3.8) is 0 Å². The molecule has 0 rings (SSSR count). The zero-order valence-corrected chi connectivity index (χ0v) is 25.5.